The summed E-state index contributed by atoms with van der Waals surface area (Å²) in [5, 5.41) is 2.96. The molecule has 0 unspecified atom stereocenters. The van der Waals surface area contributed by atoms with E-state index in [1.54, 1.807) is 12.1 Å². The van der Waals surface area contributed by atoms with Gasteiger partial charge < -0.3 is 10.1 Å². The van der Waals surface area contributed by atoms with E-state index in [0.717, 1.165) is 0 Å². The number of carbonyl (C=O) groups is 1. The number of hydrogen-bond donors (Lipinski definition) is 1. The Bertz CT molecular complexity index is 385. The molecule has 0 heterocycles. The van der Waals surface area contributed by atoms with Gasteiger partial charge in [-0.15, -0.1) is 0 Å². The van der Waals surface area contributed by atoms with Crippen LogP contribution in [0.3, 0.4) is 0 Å². The SMILES string of the molecule is CC(C)(C)OC(=O)CCNc1cccc(F)c1. The monoisotopic (exact) mass is 239 g/mol. The Labute approximate surface area is 101 Å². The topological polar surface area (TPSA) is 38.3 Å². The van der Waals surface area contributed by atoms with Crippen molar-refractivity contribution in [2.45, 2.75) is 32.8 Å². The minimum absolute atomic E-state index is 0.258. The highest BCUT2D eigenvalue weighted by Gasteiger charge is 2.15. The van der Waals surface area contributed by atoms with Gasteiger partial charge in [-0.05, 0) is 39.0 Å². The van der Waals surface area contributed by atoms with Crippen molar-refractivity contribution >= 4 is 11.7 Å². The fraction of sp³-hybridized carbons (Fsp3) is 0.462. The first-order valence-electron chi connectivity index (χ1n) is 5.58. The number of carbonyl (C=O) groups excluding carboxylic acids is 1. The number of halogens is 1. The summed E-state index contributed by atoms with van der Waals surface area (Å²) in [6, 6.07) is 6.12. The highest BCUT2D eigenvalue weighted by molar-refractivity contribution is 5.70. The van der Waals surface area contributed by atoms with Crippen LogP contribution in [0.2, 0.25) is 0 Å². The Balaban J connectivity index is 2.31. The molecular weight excluding hydrogens is 221 g/mol. The number of benzene rings is 1. The average molecular weight is 239 g/mol. The number of rotatable bonds is 4. The molecule has 0 fully saturated rings. The zero-order chi connectivity index (χ0) is 12.9. The smallest absolute Gasteiger partial charge is 0.308 e. The summed E-state index contributed by atoms with van der Waals surface area (Å²) in [4.78, 5) is 11.4. The molecule has 1 aromatic rings. The Morgan fingerprint density at radius 1 is 1.41 bits per heavy atom. The van der Waals surface area contributed by atoms with Gasteiger partial charge in [0.15, 0.2) is 0 Å². The zero-order valence-corrected chi connectivity index (χ0v) is 10.4. The summed E-state index contributed by atoms with van der Waals surface area (Å²) in [7, 11) is 0. The second-order valence-corrected chi connectivity index (χ2v) is 4.77. The molecule has 0 spiro atoms. The van der Waals surface area contributed by atoms with Crippen LogP contribution in [0.4, 0.5) is 10.1 Å². The average Bonchev–Trinajstić information content (AvgIpc) is 2.14. The predicted molar refractivity (Wildman–Crippen MR) is 65.4 cm³/mol. The van der Waals surface area contributed by atoms with Gasteiger partial charge in [-0.3, -0.25) is 4.79 Å². The molecule has 4 heteroatoms. The van der Waals surface area contributed by atoms with Gasteiger partial charge >= 0.3 is 5.97 Å². The van der Waals surface area contributed by atoms with E-state index in [-0.39, 0.29) is 18.2 Å². The molecule has 0 aromatic heterocycles. The van der Waals surface area contributed by atoms with Crippen LogP contribution in [0.25, 0.3) is 0 Å². The summed E-state index contributed by atoms with van der Waals surface area (Å²) in [6.45, 7) is 5.90. The number of ether oxygens (including phenoxy) is 1. The van der Waals surface area contributed by atoms with Crippen molar-refractivity contribution < 1.29 is 13.9 Å². The van der Waals surface area contributed by atoms with Crippen molar-refractivity contribution in [2.75, 3.05) is 11.9 Å². The lowest BCUT2D eigenvalue weighted by Crippen LogP contribution is -2.25. The molecule has 17 heavy (non-hydrogen) atoms. The lowest BCUT2D eigenvalue weighted by atomic mass is 10.2. The summed E-state index contributed by atoms with van der Waals surface area (Å²) in [5.74, 6) is -0.561. The molecule has 0 saturated heterocycles. The maximum Gasteiger partial charge on any atom is 0.308 e. The fourth-order valence-corrected chi connectivity index (χ4v) is 1.30. The van der Waals surface area contributed by atoms with Crippen LogP contribution in [0.1, 0.15) is 27.2 Å². The second kappa shape index (κ2) is 5.66. The van der Waals surface area contributed by atoms with Crippen molar-refractivity contribution in [1.82, 2.24) is 0 Å². The Morgan fingerprint density at radius 3 is 2.71 bits per heavy atom. The summed E-state index contributed by atoms with van der Waals surface area (Å²) in [6.07, 6.45) is 0.258. The summed E-state index contributed by atoms with van der Waals surface area (Å²) >= 11 is 0. The van der Waals surface area contributed by atoms with Gasteiger partial charge in [0.2, 0.25) is 0 Å². The minimum atomic E-state index is -0.462. The van der Waals surface area contributed by atoms with Crippen LogP contribution >= 0.6 is 0 Å². The Morgan fingerprint density at radius 2 is 2.12 bits per heavy atom. The zero-order valence-electron chi connectivity index (χ0n) is 10.4. The molecule has 1 aromatic carbocycles. The molecule has 0 bridgehead atoms. The van der Waals surface area contributed by atoms with Gasteiger partial charge in [-0.1, -0.05) is 6.07 Å². The third-order valence-corrected chi connectivity index (χ3v) is 1.90. The molecule has 1 rings (SSSR count). The molecule has 0 atom stereocenters. The standard InChI is InChI=1S/C13H18FNO2/c1-13(2,3)17-12(16)7-8-15-11-6-4-5-10(14)9-11/h4-6,9,15H,7-8H2,1-3H3. The minimum Gasteiger partial charge on any atom is -0.460 e. The third kappa shape index (κ3) is 5.90. The number of esters is 1. The van der Waals surface area contributed by atoms with Crippen LogP contribution in [-0.4, -0.2) is 18.1 Å². The highest BCUT2D eigenvalue weighted by atomic mass is 19.1. The van der Waals surface area contributed by atoms with E-state index in [1.807, 2.05) is 20.8 Å². The van der Waals surface area contributed by atoms with Gasteiger partial charge in [0.05, 0.1) is 6.42 Å². The lowest BCUT2D eigenvalue weighted by molar-refractivity contribution is -0.154. The van der Waals surface area contributed by atoms with Crippen molar-refractivity contribution in [2.24, 2.45) is 0 Å². The molecule has 1 N–H and O–H groups in total. The number of anilines is 1. The van der Waals surface area contributed by atoms with Gasteiger partial charge in [0, 0.05) is 12.2 Å². The van der Waals surface area contributed by atoms with E-state index >= 15 is 0 Å². The van der Waals surface area contributed by atoms with E-state index in [9.17, 15) is 9.18 Å². The van der Waals surface area contributed by atoms with Gasteiger partial charge in [-0.2, -0.15) is 0 Å². The van der Waals surface area contributed by atoms with E-state index in [1.165, 1.54) is 12.1 Å². The van der Waals surface area contributed by atoms with Crippen LogP contribution in [0.15, 0.2) is 24.3 Å². The van der Waals surface area contributed by atoms with E-state index in [2.05, 4.69) is 5.32 Å². The lowest BCUT2D eigenvalue weighted by Gasteiger charge is -2.19. The Kier molecular flexibility index (Phi) is 4.49. The largest absolute Gasteiger partial charge is 0.460 e. The van der Waals surface area contributed by atoms with E-state index < -0.39 is 5.60 Å². The molecule has 0 aliphatic rings. The summed E-state index contributed by atoms with van der Waals surface area (Å²) in [5.41, 5.74) is 0.198. The first-order chi connectivity index (χ1) is 7.87. The molecule has 0 aliphatic carbocycles. The van der Waals surface area contributed by atoms with Crippen molar-refractivity contribution in [3.63, 3.8) is 0 Å². The van der Waals surface area contributed by atoms with Crippen molar-refractivity contribution in [1.29, 1.82) is 0 Å². The first kappa shape index (κ1) is 13.5. The molecule has 3 nitrogen and oxygen atoms in total. The van der Waals surface area contributed by atoms with Crippen LogP contribution < -0.4 is 5.32 Å². The molecule has 0 aliphatic heterocycles. The fourth-order valence-electron chi connectivity index (χ4n) is 1.30. The molecule has 0 saturated carbocycles. The maximum absolute atomic E-state index is 12.8. The van der Waals surface area contributed by atoms with Gasteiger partial charge in [-0.25, -0.2) is 4.39 Å². The molecular formula is C13H18FNO2. The maximum atomic E-state index is 12.8. The predicted octanol–water partition coefficient (Wildman–Crippen LogP) is 2.97. The third-order valence-electron chi connectivity index (χ3n) is 1.90. The first-order valence-corrected chi connectivity index (χ1v) is 5.58. The molecule has 0 radical (unpaired) electrons. The normalized spacial score (nSPS) is 11.1. The highest BCUT2D eigenvalue weighted by Crippen LogP contribution is 2.10. The van der Waals surface area contributed by atoms with Crippen LogP contribution in [0.5, 0.6) is 0 Å². The van der Waals surface area contributed by atoms with Gasteiger partial charge in [0.1, 0.15) is 11.4 Å². The number of nitrogens with one attached hydrogen (secondary N) is 1. The summed E-state index contributed by atoms with van der Waals surface area (Å²) < 4.78 is 18.0. The van der Waals surface area contributed by atoms with E-state index in [4.69, 9.17) is 4.74 Å². The molecule has 0 amide bonds. The number of hydrogen-bond acceptors (Lipinski definition) is 3. The quantitative estimate of drug-likeness (QED) is 0.821. The van der Waals surface area contributed by atoms with Crippen LogP contribution in [0, 0.1) is 5.82 Å². The van der Waals surface area contributed by atoms with Gasteiger partial charge in [0.25, 0.3) is 0 Å². The Hall–Kier alpha value is -1.58. The second-order valence-electron chi connectivity index (χ2n) is 4.77. The molecule has 94 valence electrons. The van der Waals surface area contributed by atoms with E-state index in [0.29, 0.717) is 12.2 Å². The van der Waals surface area contributed by atoms with Crippen molar-refractivity contribution in [3.05, 3.63) is 30.1 Å². The van der Waals surface area contributed by atoms with Crippen LogP contribution in [-0.2, 0) is 9.53 Å². The van der Waals surface area contributed by atoms with Crippen molar-refractivity contribution in [3.8, 4) is 0 Å².